The van der Waals surface area contributed by atoms with E-state index in [0.717, 1.165) is 12.8 Å². The maximum atomic E-state index is 12.8. The molecule has 2 rings (SSSR count). The second-order valence-electron chi connectivity index (χ2n) is 5.49. The summed E-state index contributed by atoms with van der Waals surface area (Å²) in [6.07, 6.45) is 2.17. The summed E-state index contributed by atoms with van der Waals surface area (Å²) in [7, 11) is -1.96. The molecule has 1 N–H and O–H groups in total. The molecule has 1 aliphatic rings. The van der Waals surface area contributed by atoms with Gasteiger partial charge >= 0.3 is 0 Å². The Labute approximate surface area is 126 Å². The monoisotopic (exact) mass is 313 g/mol. The van der Waals surface area contributed by atoms with Gasteiger partial charge in [0, 0.05) is 19.7 Å². The molecular formula is C15H23NO4S. The molecule has 0 spiro atoms. The third kappa shape index (κ3) is 3.83. The smallest absolute Gasteiger partial charge is 0.243 e. The molecule has 0 bridgehead atoms. The van der Waals surface area contributed by atoms with E-state index in [0.29, 0.717) is 24.6 Å². The van der Waals surface area contributed by atoms with Gasteiger partial charge in [0.2, 0.25) is 10.0 Å². The van der Waals surface area contributed by atoms with Crippen LogP contribution in [0.3, 0.4) is 0 Å². The van der Waals surface area contributed by atoms with Gasteiger partial charge in [-0.25, -0.2) is 8.42 Å². The Balaban J connectivity index is 2.26. The Morgan fingerprint density at radius 2 is 1.95 bits per heavy atom. The average Bonchev–Trinajstić information content (AvgIpc) is 3.32. The van der Waals surface area contributed by atoms with Gasteiger partial charge < -0.3 is 9.84 Å². The molecule has 0 radical (unpaired) electrons. The molecule has 0 heterocycles. The first-order chi connectivity index (χ1) is 10.0. The van der Waals surface area contributed by atoms with Crippen LogP contribution < -0.4 is 0 Å². The lowest BCUT2D eigenvalue weighted by Crippen LogP contribution is -2.41. The van der Waals surface area contributed by atoms with E-state index in [1.807, 2.05) is 6.92 Å². The lowest BCUT2D eigenvalue weighted by atomic mass is 10.2. The minimum absolute atomic E-state index is 0.0114. The van der Waals surface area contributed by atoms with Crippen LogP contribution in [0.25, 0.3) is 0 Å². The SMILES string of the molecule is COCCN(C(C)C1CC1)S(=O)(=O)c1ccc(CO)cc1. The predicted molar refractivity (Wildman–Crippen MR) is 80.3 cm³/mol. The third-order valence-electron chi connectivity index (χ3n) is 3.99. The van der Waals surface area contributed by atoms with Gasteiger partial charge in [-0.3, -0.25) is 0 Å². The molecule has 21 heavy (non-hydrogen) atoms. The van der Waals surface area contributed by atoms with Crippen LogP contribution in [0.5, 0.6) is 0 Å². The fourth-order valence-corrected chi connectivity index (χ4v) is 4.12. The zero-order chi connectivity index (χ0) is 15.5. The van der Waals surface area contributed by atoms with Crippen molar-refractivity contribution >= 4 is 10.0 Å². The van der Waals surface area contributed by atoms with Gasteiger partial charge in [0.15, 0.2) is 0 Å². The van der Waals surface area contributed by atoms with Crippen molar-refractivity contribution in [2.24, 2.45) is 5.92 Å². The Morgan fingerprint density at radius 1 is 1.33 bits per heavy atom. The number of aliphatic hydroxyl groups is 1. The summed E-state index contributed by atoms with van der Waals surface area (Å²) in [5.74, 6) is 0.452. The van der Waals surface area contributed by atoms with E-state index < -0.39 is 10.0 Å². The number of nitrogens with zero attached hydrogens (tertiary/aromatic N) is 1. The highest BCUT2D eigenvalue weighted by molar-refractivity contribution is 7.89. The van der Waals surface area contributed by atoms with Gasteiger partial charge in [-0.15, -0.1) is 0 Å². The number of sulfonamides is 1. The molecule has 0 saturated heterocycles. The highest BCUT2D eigenvalue weighted by atomic mass is 32.2. The van der Waals surface area contributed by atoms with Crippen molar-refractivity contribution in [2.45, 2.75) is 37.3 Å². The standard InChI is InChI=1S/C15H23NO4S/c1-12(14-5-6-14)16(9-10-20-2)21(18,19)15-7-3-13(11-17)4-8-15/h3-4,7-8,12,14,17H,5-6,9-11H2,1-2H3. The summed E-state index contributed by atoms with van der Waals surface area (Å²) < 4.78 is 32.2. The second kappa shape index (κ2) is 6.87. The highest BCUT2D eigenvalue weighted by Gasteiger charge is 2.37. The van der Waals surface area contributed by atoms with E-state index in [2.05, 4.69) is 0 Å². The minimum Gasteiger partial charge on any atom is -0.392 e. The molecule has 5 nitrogen and oxygen atoms in total. The zero-order valence-electron chi connectivity index (χ0n) is 12.5. The van der Waals surface area contributed by atoms with Gasteiger partial charge in [0.1, 0.15) is 0 Å². The van der Waals surface area contributed by atoms with Crippen molar-refractivity contribution in [3.63, 3.8) is 0 Å². The number of benzene rings is 1. The molecule has 118 valence electrons. The molecule has 1 aromatic rings. The fraction of sp³-hybridized carbons (Fsp3) is 0.600. The van der Waals surface area contributed by atoms with Gasteiger partial charge in [0.05, 0.1) is 18.1 Å². The largest absolute Gasteiger partial charge is 0.392 e. The number of hydrogen-bond donors (Lipinski definition) is 1. The second-order valence-corrected chi connectivity index (χ2v) is 7.38. The van der Waals surface area contributed by atoms with Crippen molar-refractivity contribution in [2.75, 3.05) is 20.3 Å². The summed E-state index contributed by atoms with van der Waals surface area (Å²) in [6, 6.07) is 6.38. The molecule has 1 fully saturated rings. The Kier molecular flexibility index (Phi) is 5.37. The van der Waals surface area contributed by atoms with Crippen molar-refractivity contribution in [3.05, 3.63) is 29.8 Å². The van der Waals surface area contributed by atoms with Crippen molar-refractivity contribution in [1.82, 2.24) is 4.31 Å². The van der Waals surface area contributed by atoms with E-state index in [1.54, 1.807) is 35.7 Å². The lowest BCUT2D eigenvalue weighted by molar-refractivity contribution is 0.164. The Morgan fingerprint density at radius 3 is 2.43 bits per heavy atom. The molecule has 0 aliphatic heterocycles. The first-order valence-electron chi connectivity index (χ1n) is 7.21. The summed E-state index contributed by atoms with van der Waals surface area (Å²) >= 11 is 0. The van der Waals surface area contributed by atoms with E-state index in [1.165, 1.54) is 0 Å². The van der Waals surface area contributed by atoms with Crippen molar-refractivity contribution in [3.8, 4) is 0 Å². The lowest BCUT2D eigenvalue weighted by Gasteiger charge is -2.28. The number of methoxy groups -OCH3 is 1. The van der Waals surface area contributed by atoms with E-state index >= 15 is 0 Å². The van der Waals surface area contributed by atoms with Crippen LogP contribution in [0, 0.1) is 5.92 Å². The molecule has 1 aliphatic carbocycles. The average molecular weight is 313 g/mol. The molecule has 0 aromatic heterocycles. The fourth-order valence-electron chi connectivity index (χ4n) is 2.44. The normalized spacial score (nSPS) is 17.1. The Bertz CT molecular complexity index is 552. The van der Waals surface area contributed by atoms with Crippen LogP contribution in [0.2, 0.25) is 0 Å². The molecule has 1 saturated carbocycles. The third-order valence-corrected chi connectivity index (χ3v) is 5.99. The summed E-state index contributed by atoms with van der Waals surface area (Å²) in [6.45, 7) is 2.61. The van der Waals surface area contributed by atoms with Crippen molar-refractivity contribution in [1.29, 1.82) is 0 Å². The van der Waals surface area contributed by atoms with Gasteiger partial charge in [-0.2, -0.15) is 4.31 Å². The molecule has 1 atom stereocenters. The Hall–Kier alpha value is -0.950. The van der Waals surface area contributed by atoms with Crippen LogP contribution in [-0.2, 0) is 21.4 Å². The van der Waals surface area contributed by atoms with E-state index in [4.69, 9.17) is 9.84 Å². The number of rotatable bonds is 8. The van der Waals surface area contributed by atoms with Crippen LogP contribution >= 0.6 is 0 Å². The van der Waals surface area contributed by atoms with Crippen LogP contribution in [0.1, 0.15) is 25.3 Å². The number of aliphatic hydroxyl groups excluding tert-OH is 1. The molecule has 1 aromatic carbocycles. The van der Waals surface area contributed by atoms with Gasteiger partial charge in [0.25, 0.3) is 0 Å². The maximum absolute atomic E-state index is 12.8. The number of ether oxygens (including phenoxy) is 1. The molecule has 6 heteroatoms. The zero-order valence-corrected chi connectivity index (χ0v) is 13.3. The maximum Gasteiger partial charge on any atom is 0.243 e. The van der Waals surface area contributed by atoms with Crippen LogP contribution in [0.4, 0.5) is 0 Å². The summed E-state index contributed by atoms with van der Waals surface area (Å²) in [5.41, 5.74) is 0.702. The highest BCUT2D eigenvalue weighted by Crippen LogP contribution is 2.37. The quantitative estimate of drug-likeness (QED) is 0.792. The minimum atomic E-state index is -3.53. The summed E-state index contributed by atoms with van der Waals surface area (Å²) in [5, 5.41) is 9.05. The van der Waals surface area contributed by atoms with Gasteiger partial charge in [-0.05, 0) is 43.4 Å². The van der Waals surface area contributed by atoms with Gasteiger partial charge in [-0.1, -0.05) is 12.1 Å². The van der Waals surface area contributed by atoms with Crippen LogP contribution in [-0.4, -0.2) is 44.1 Å². The summed E-state index contributed by atoms with van der Waals surface area (Å²) in [4.78, 5) is 0.267. The molecular weight excluding hydrogens is 290 g/mol. The first-order valence-corrected chi connectivity index (χ1v) is 8.65. The topological polar surface area (TPSA) is 66.8 Å². The van der Waals surface area contributed by atoms with Crippen molar-refractivity contribution < 1.29 is 18.3 Å². The van der Waals surface area contributed by atoms with Crippen LogP contribution in [0.15, 0.2) is 29.2 Å². The first kappa shape index (κ1) is 16.4. The van der Waals surface area contributed by atoms with E-state index in [-0.39, 0.29) is 17.5 Å². The van der Waals surface area contributed by atoms with E-state index in [9.17, 15) is 8.42 Å². The molecule has 0 amide bonds. The number of hydrogen-bond acceptors (Lipinski definition) is 4. The predicted octanol–water partition coefficient (Wildman–Crippen LogP) is 1.61. The molecule has 1 unspecified atom stereocenters.